The van der Waals surface area contributed by atoms with Crippen LogP contribution in [0.5, 0.6) is 0 Å². The quantitative estimate of drug-likeness (QED) is 0.658. The van der Waals surface area contributed by atoms with E-state index in [1.165, 1.54) is 31.2 Å². The Hall–Kier alpha value is -0.820. The van der Waals surface area contributed by atoms with Gasteiger partial charge < -0.3 is 5.32 Å². The average Bonchev–Trinajstić information content (AvgIpc) is 2.67. The molecule has 74 valence electrons. The molecule has 1 aliphatic carbocycles. The molecule has 1 aliphatic heterocycles. The third-order valence-electron chi connectivity index (χ3n) is 3.71. The highest BCUT2D eigenvalue weighted by molar-refractivity contribution is 5.48. The van der Waals surface area contributed by atoms with Crippen LogP contribution in [0, 0.1) is 6.92 Å². The van der Waals surface area contributed by atoms with Crippen molar-refractivity contribution in [3.05, 3.63) is 33.9 Å². The van der Waals surface area contributed by atoms with Crippen LogP contribution in [0.15, 0.2) is 6.07 Å². The summed E-state index contributed by atoms with van der Waals surface area (Å²) in [6, 6.07) is 2.43. The maximum absolute atomic E-state index is 3.48. The van der Waals surface area contributed by atoms with Crippen LogP contribution in [0.3, 0.4) is 0 Å². The second-order valence-electron chi connectivity index (χ2n) is 4.60. The second kappa shape index (κ2) is 3.09. The molecule has 0 atom stereocenters. The number of aryl methyl sites for hydroxylation is 2. The van der Waals surface area contributed by atoms with Gasteiger partial charge in [-0.1, -0.05) is 6.07 Å². The molecule has 1 heterocycles. The smallest absolute Gasteiger partial charge is 0.0214 e. The predicted molar refractivity (Wildman–Crippen MR) is 58.4 cm³/mol. The number of nitrogens with one attached hydrogen (secondary N) is 1. The molecular weight excluding hydrogens is 170 g/mol. The van der Waals surface area contributed by atoms with Gasteiger partial charge in [-0.15, -0.1) is 0 Å². The van der Waals surface area contributed by atoms with E-state index in [9.17, 15) is 0 Å². The fourth-order valence-electron chi connectivity index (χ4n) is 2.97. The molecule has 0 saturated heterocycles. The molecule has 0 amide bonds. The number of hydrogen-bond acceptors (Lipinski definition) is 1. The minimum atomic E-state index is 1.09. The Balaban J connectivity index is 2.22. The zero-order chi connectivity index (χ0) is 9.54. The van der Waals surface area contributed by atoms with Gasteiger partial charge in [0.15, 0.2) is 0 Å². The van der Waals surface area contributed by atoms with Crippen molar-refractivity contribution in [2.24, 2.45) is 0 Å². The van der Waals surface area contributed by atoms with Gasteiger partial charge in [-0.3, -0.25) is 0 Å². The summed E-state index contributed by atoms with van der Waals surface area (Å²) in [6.07, 6.45) is 5.41. The van der Waals surface area contributed by atoms with Crippen LogP contribution < -0.4 is 5.32 Å². The molecule has 0 fully saturated rings. The molecule has 1 nitrogen and oxygen atoms in total. The van der Waals surface area contributed by atoms with Gasteiger partial charge in [-0.05, 0) is 60.4 Å². The largest absolute Gasteiger partial charge is 0.309 e. The number of rotatable bonds is 0. The Kier molecular flexibility index (Phi) is 1.88. The van der Waals surface area contributed by atoms with Gasteiger partial charge in [0.05, 0.1) is 0 Å². The molecule has 0 saturated carbocycles. The first-order valence-corrected chi connectivity index (χ1v) is 5.70. The molecule has 0 aromatic heterocycles. The lowest BCUT2D eigenvalue weighted by Gasteiger charge is -2.20. The SMILES string of the molecule is Cc1cc2c(c3c1CNC3)CCCC2. The average molecular weight is 187 g/mol. The van der Waals surface area contributed by atoms with Crippen LogP contribution in [-0.2, 0) is 25.9 Å². The lowest BCUT2D eigenvalue weighted by atomic mass is 9.85. The second-order valence-corrected chi connectivity index (χ2v) is 4.60. The van der Waals surface area contributed by atoms with E-state index in [1.807, 2.05) is 0 Å². The molecule has 0 unspecified atom stereocenters. The van der Waals surface area contributed by atoms with Gasteiger partial charge in [-0.2, -0.15) is 0 Å². The van der Waals surface area contributed by atoms with Gasteiger partial charge in [0.2, 0.25) is 0 Å². The fourth-order valence-corrected chi connectivity index (χ4v) is 2.97. The third kappa shape index (κ3) is 1.12. The highest BCUT2D eigenvalue weighted by Gasteiger charge is 2.21. The van der Waals surface area contributed by atoms with Crippen LogP contribution in [0.2, 0.25) is 0 Å². The van der Waals surface area contributed by atoms with E-state index in [0.717, 1.165) is 13.1 Å². The summed E-state index contributed by atoms with van der Waals surface area (Å²) in [7, 11) is 0. The molecule has 1 aromatic rings. The maximum atomic E-state index is 3.48. The van der Waals surface area contributed by atoms with Crippen molar-refractivity contribution in [3.8, 4) is 0 Å². The number of fused-ring (bicyclic) bond motifs is 3. The highest BCUT2D eigenvalue weighted by Crippen LogP contribution is 2.31. The molecule has 0 radical (unpaired) electrons. The van der Waals surface area contributed by atoms with Gasteiger partial charge in [0.25, 0.3) is 0 Å². The van der Waals surface area contributed by atoms with Crippen molar-refractivity contribution >= 4 is 0 Å². The molecule has 1 aromatic carbocycles. The summed E-state index contributed by atoms with van der Waals surface area (Å²) in [5.74, 6) is 0. The lowest BCUT2D eigenvalue weighted by Crippen LogP contribution is -2.08. The predicted octanol–water partition coefficient (Wildman–Crippen LogP) is 2.48. The Morgan fingerprint density at radius 3 is 2.71 bits per heavy atom. The van der Waals surface area contributed by atoms with Crippen LogP contribution in [-0.4, -0.2) is 0 Å². The molecule has 0 spiro atoms. The first-order chi connectivity index (χ1) is 6.86. The summed E-state index contributed by atoms with van der Waals surface area (Å²) < 4.78 is 0. The minimum Gasteiger partial charge on any atom is -0.309 e. The zero-order valence-electron chi connectivity index (χ0n) is 8.82. The normalized spacial score (nSPS) is 19.2. The summed E-state index contributed by atoms with van der Waals surface area (Å²) >= 11 is 0. The van der Waals surface area contributed by atoms with Gasteiger partial charge >= 0.3 is 0 Å². The summed E-state index contributed by atoms with van der Waals surface area (Å²) in [4.78, 5) is 0. The standard InChI is InChI=1S/C13H17N/c1-9-6-10-4-2-3-5-11(10)13-8-14-7-12(9)13/h6,14H,2-5,7-8H2,1H3. The molecule has 0 bridgehead atoms. The molecule has 3 rings (SSSR count). The van der Waals surface area contributed by atoms with E-state index in [2.05, 4.69) is 18.3 Å². The van der Waals surface area contributed by atoms with E-state index >= 15 is 0 Å². The van der Waals surface area contributed by atoms with Crippen molar-refractivity contribution in [2.75, 3.05) is 0 Å². The van der Waals surface area contributed by atoms with Crippen LogP contribution in [0.25, 0.3) is 0 Å². The van der Waals surface area contributed by atoms with Crippen molar-refractivity contribution < 1.29 is 0 Å². The monoisotopic (exact) mass is 187 g/mol. The van der Waals surface area contributed by atoms with E-state index in [-0.39, 0.29) is 0 Å². The Bertz CT molecular complexity index is 379. The van der Waals surface area contributed by atoms with Gasteiger partial charge in [0.1, 0.15) is 0 Å². The molecule has 2 aliphatic rings. The zero-order valence-corrected chi connectivity index (χ0v) is 8.82. The molecule has 14 heavy (non-hydrogen) atoms. The first-order valence-electron chi connectivity index (χ1n) is 5.70. The lowest BCUT2D eigenvalue weighted by molar-refractivity contribution is 0.676. The molecule has 1 N–H and O–H groups in total. The van der Waals surface area contributed by atoms with Crippen molar-refractivity contribution in [3.63, 3.8) is 0 Å². The topological polar surface area (TPSA) is 12.0 Å². The van der Waals surface area contributed by atoms with Crippen molar-refractivity contribution in [1.82, 2.24) is 5.32 Å². The van der Waals surface area contributed by atoms with Crippen LogP contribution in [0.4, 0.5) is 0 Å². The molecule has 1 heteroatoms. The maximum Gasteiger partial charge on any atom is 0.0214 e. The summed E-state index contributed by atoms with van der Waals surface area (Å²) in [5, 5.41) is 3.48. The van der Waals surface area contributed by atoms with Crippen molar-refractivity contribution in [1.29, 1.82) is 0 Å². The third-order valence-corrected chi connectivity index (χ3v) is 3.71. The number of benzene rings is 1. The van der Waals surface area contributed by atoms with E-state index < -0.39 is 0 Å². The van der Waals surface area contributed by atoms with Crippen LogP contribution >= 0.6 is 0 Å². The number of hydrogen-bond donors (Lipinski definition) is 1. The fraction of sp³-hybridized carbons (Fsp3) is 0.538. The summed E-state index contributed by atoms with van der Waals surface area (Å²) in [5.41, 5.74) is 8.05. The van der Waals surface area contributed by atoms with Gasteiger partial charge in [0, 0.05) is 13.1 Å². The van der Waals surface area contributed by atoms with Gasteiger partial charge in [-0.25, -0.2) is 0 Å². The molecular formula is C13H17N. The van der Waals surface area contributed by atoms with Crippen molar-refractivity contribution in [2.45, 2.75) is 45.7 Å². The minimum absolute atomic E-state index is 1.09. The Labute approximate surface area is 85.5 Å². The van der Waals surface area contributed by atoms with E-state index in [0.29, 0.717) is 0 Å². The Morgan fingerprint density at radius 1 is 1.00 bits per heavy atom. The van der Waals surface area contributed by atoms with Crippen LogP contribution in [0.1, 0.15) is 40.7 Å². The summed E-state index contributed by atoms with van der Waals surface area (Å²) in [6.45, 7) is 4.47. The van der Waals surface area contributed by atoms with E-state index in [4.69, 9.17) is 0 Å². The highest BCUT2D eigenvalue weighted by atomic mass is 14.9. The first kappa shape index (κ1) is 8.49. The van der Waals surface area contributed by atoms with E-state index in [1.54, 1.807) is 22.3 Å². The Morgan fingerprint density at radius 2 is 1.79 bits per heavy atom.